The molecule has 20 heavy (non-hydrogen) atoms. The van der Waals surface area contributed by atoms with Crippen LogP contribution in [-0.2, 0) is 6.54 Å². The fourth-order valence-corrected chi connectivity index (χ4v) is 2.16. The predicted molar refractivity (Wildman–Crippen MR) is 72.5 cm³/mol. The number of benzene rings is 1. The quantitative estimate of drug-likeness (QED) is 0.546. The second-order valence-corrected chi connectivity index (χ2v) is 4.51. The van der Waals surface area contributed by atoms with E-state index >= 15 is 0 Å². The minimum absolute atomic E-state index is 0.339. The third-order valence-electron chi connectivity index (χ3n) is 2.82. The van der Waals surface area contributed by atoms with Crippen LogP contribution in [0.2, 0.25) is 5.02 Å². The molecule has 0 atom stereocenters. The van der Waals surface area contributed by atoms with Crippen LogP contribution in [0.25, 0.3) is 10.9 Å². The summed E-state index contributed by atoms with van der Waals surface area (Å²) in [6.07, 6.45) is 2.99. The maximum absolute atomic E-state index is 10.6. The van der Waals surface area contributed by atoms with Gasteiger partial charge in [-0.2, -0.15) is 4.68 Å². The van der Waals surface area contributed by atoms with E-state index < -0.39 is 10.9 Å². The number of nitrogens with zero attached hydrogens (tertiary/aromatic N) is 5. The summed E-state index contributed by atoms with van der Waals surface area (Å²) < 4.78 is 1.40. The van der Waals surface area contributed by atoms with Crippen molar-refractivity contribution in [3.05, 3.63) is 57.5 Å². The molecule has 7 nitrogen and oxygen atoms in total. The molecule has 0 saturated carbocycles. The first-order valence-electron chi connectivity index (χ1n) is 5.71. The van der Waals surface area contributed by atoms with Gasteiger partial charge in [0.25, 0.3) is 0 Å². The normalized spacial score (nSPS) is 10.8. The number of pyridine rings is 1. The Bertz CT molecular complexity index is 801. The van der Waals surface area contributed by atoms with E-state index in [1.807, 2.05) is 12.1 Å². The number of nitro groups is 1. The molecule has 2 heterocycles. The number of hydrogen-bond donors (Lipinski definition) is 0. The summed E-state index contributed by atoms with van der Waals surface area (Å²) in [6, 6.07) is 7.27. The van der Waals surface area contributed by atoms with Crippen LogP contribution in [0.1, 0.15) is 5.56 Å². The van der Waals surface area contributed by atoms with E-state index in [-0.39, 0.29) is 0 Å². The maximum Gasteiger partial charge on any atom is 0.490 e. The lowest BCUT2D eigenvalue weighted by Crippen LogP contribution is -2.02. The lowest BCUT2D eigenvalue weighted by Gasteiger charge is -2.05. The van der Waals surface area contributed by atoms with Crippen molar-refractivity contribution in [3.8, 4) is 0 Å². The van der Waals surface area contributed by atoms with Gasteiger partial charge in [-0.1, -0.05) is 22.7 Å². The zero-order valence-corrected chi connectivity index (χ0v) is 10.9. The van der Waals surface area contributed by atoms with Gasteiger partial charge in [0.15, 0.2) is 0 Å². The Kier molecular flexibility index (Phi) is 3.03. The van der Waals surface area contributed by atoms with Crippen LogP contribution in [0, 0.1) is 10.1 Å². The van der Waals surface area contributed by atoms with Gasteiger partial charge in [-0.05, 0) is 23.1 Å². The Morgan fingerprint density at radius 2 is 2.15 bits per heavy atom. The highest BCUT2D eigenvalue weighted by atomic mass is 35.5. The maximum atomic E-state index is 10.6. The fourth-order valence-electron chi connectivity index (χ4n) is 1.94. The molecular weight excluding hydrogens is 282 g/mol. The number of halogens is 1. The Labute approximate surface area is 118 Å². The van der Waals surface area contributed by atoms with E-state index in [0.717, 1.165) is 16.5 Å². The van der Waals surface area contributed by atoms with Gasteiger partial charge < -0.3 is 10.1 Å². The van der Waals surface area contributed by atoms with Crippen LogP contribution >= 0.6 is 11.6 Å². The van der Waals surface area contributed by atoms with Gasteiger partial charge in [0, 0.05) is 27.3 Å². The third-order valence-corrected chi connectivity index (χ3v) is 3.15. The van der Waals surface area contributed by atoms with E-state index in [0.29, 0.717) is 11.6 Å². The summed E-state index contributed by atoms with van der Waals surface area (Å²) in [4.78, 5) is 17.8. The minimum atomic E-state index is -0.630. The molecule has 0 amide bonds. The van der Waals surface area contributed by atoms with Gasteiger partial charge in [0.05, 0.1) is 12.1 Å². The van der Waals surface area contributed by atoms with Crippen molar-refractivity contribution in [1.29, 1.82) is 0 Å². The second-order valence-electron chi connectivity index (χ2n) is 4.11. The summed E-state index contributed by atoms with van der Waals surface area (Å²) in [6.45, 7) is 0.339. The summed E-state index contributed by atoms with van der Waals surface area (Å²) >= 11 is 6.11. The van der Waals surface area contributed by atoms with Gasteiger partial charge >= 0.3 is 5.95 Å². The van der Waals surface area contributed by atoms with Crippen molar-refractivity contribution in [2.75, 3.05) is 0 Å². The highest BCUT2D eigenvalue weighted by molar-refractivity contribution is 6.35. The van der Waals surface area contributed by atoms with Crippen molar-refractivity contribution < 1.29 is 4.92 Å². The molecule has 0 radical (unpaired) electrons. The Balaban J connectivity index is 2.02. The van der Waals surface area contributed by atoms with Gasteiger partial charge in [-0.25, -0.2) is 0 Å². The summed E-state index contributed by atoms with van der Waals surface area (Å²) in [7, 11) is 0. The summed E-state index contributed by atoms with van der Waals surface area (Å²) in [5.74, 6) is -0.420. The molecule has 2 aromatic heterocycles. The van der Waals surface area contributed by atoms with Gasteiger partial charge in [0.2, 0.25) is 6.33 Å². The first-order chi connectivity index (χ1) is 9.65. The first-order valence-corrected chi connectivity index (χ1v) is 6.09. The van der Waals surface area contributed by atoms with Crippen LogP contribution in [0.5, 0.6) is 0 Å². The van der Waals surface area contributed by atoms with Gasteiger partial charge in [0.1, 0.15) is 0 Å². The Morgan fingerprint density at radius 1 is 1.30 bits per heavy atom. The van der Waals surface area contributed by atoms with Crippen molar-refractivity contribution in [2.24, 2.45) is 0 Å². The molecule has 0 fully saturated rings. The van der Waals surface area contributed by atoms with E-state index in [1.165, 1.54) is 11.0 Å². The highest BCUT2D eigenvalue weighted by Gasteiger charge is 2.14. The molecule has 8 heteroatoms. The number of rotatable bonds is 3. The lowest BCUT2D eigenvalue weighted by molar-refractivity contribution is -0.394. The van der Waals surface area contributed by atoms with Gasteiger partial charge in [-0.15, -0.1) is 0 Å². The van der Waals surface area contributed by atoms with Crippen molar-refractivity contribution >= 4 is 28.5 Å². The summed E-state index contributed by atoms with van der Waals surface area (Å²) in [5, 5.41) is 15.8. The average molecular weight is 290 g/mol. The number of fused-ring (bicyclic) bond motifs is 1. The monoisotopic (exact) mass is 289 g/mol. The van der Waals surface area contributed by atoms with Crippen LogP contribution in [0.15, 0.2) is 36.8 Å². The van der Waals surface area contributed by atoms with Crippen LogP contribution in [0.4, 0.5) is 5.95 Å². The molecule has 3 aromatic rings. The average Bonchev–Trinajstić information content (AvgIpc) is 2.91. The Hall–Kier alpha value is -2.54. The smallest absolute Gasteiger partial charge is 0.390 e. The predicted octanol–water partition coefficient (Wildman–Crippen LogP) is 2.44. The van der Waals surface area contributed by atoms with Crippen molar-refractivity contribution in [3.63, 3.8) is 0 Å². The SMILES string of the molecule is O=[N+]([O-])c1ncn(Cc2ccc(Cl)c3cccnc23)n1. The zero-order valence-electron chi connectivity index (χ0n) is 10.1. The van der Waals surface area contributed by atoms with E-state index in [2.05, 4.69) is 15.1 Å². The Morgan fingerprint density at radius 3 is 2.90 bits per heavy atom. The molecule has 0 aliphatic rings. The molecule has 0 aliphatic carbocycles. The first kappa shape index (κ1) is 12.5. The van der Waals surface area contributed by atoms with Crippen molar-refractivity contribution in [1.82, 2.24) is 19.7 Å². The van der Waals surface area contributed by atoms with E-state index in [9.17, 15) is 10.1 Å². The van der Waals surface area contributed by atoms with Crippen LogP contribution < -0.4 is 0 Å². The molecular formula is C12H8ClN5O2. The second kappa shape index (κ2) is 4.86. The molecule has 1 aromatic carbocycles. The topological polar surface area (TPSA) is 86.7 Å². The molecule has 0 saturated heterocycles. The van der Waals surface area contributed by atoms with E-state index in [1.54, 1.807) is 18.3 Å². The van der Waals surface area contributed by atoms with Crippen LogP contribution in [-0.4, -0.2) is 24.7 Å². The largest absolute Gasteiger partial charge is 0.490 e. The number of hydrogen-bond acceptors (Lipinski definition) is 5. The third kappa shape index (κ3) is 2.19. The van der Waals surface area contributed by atoms with E-state index in [4.69, 9.17) is 11.6 Å². The molecule has 0 spiro atoms. The standard InChI is InChI=1S/C12H8ClN5O2/c13-10-4-3-8(11-9(10)2-1-5-14-11)6-17-7-15-12(16-17)18(19)20/h1-5,7H,6H2. The molecule has 0 bridgehead atoms. The molecule has 100 valence electrons. The molecule has 3 rings (SSSR count). The minimum Gasteiger partial charge on any atom is -0.390 e. The summed E-state index contributed by atoms with van der Waals surface area (Å²) in [5.41, 5.74) is 1.61. The number of aromatic nitrogens is 4. The highest BCUT2D eigenvalue weighted by Crippen LogP contribution is 2.25. The molecule has 0 N–H and O–H groups in total. The molecule has 0 aliphatic heterocycles. The van der Waals surface area contributed by atoms with Gasteiger partial charge in [-0.3, -0.25) is 4.98 Å². The fraction of sp³-hybridized carbons (Fsp3) is 0.0833. The zero-order chi connectivity index (χ0) is 14.1. The lowest BCUT2D eigenvalue weighted by atomic mass is 10.1. The molecule has 0 unspecified atom stereocenters. The van der Waals surface area contributed by atoms with Crippen LogP contribution in [0.3, 0.4) is 0 Å². The van der Waals surface area contributed by atoms with Crippen molar-refractivity contribution in [2.45, 2.75) is 6.54 Å².